The Balaban J connectivity index is 1.68. The Hall–Kier alpha value is -3.44. The third-order valence-electron chi connectivity index (χ3n) is 4.24. The summed E-state index contributed by atoms with van der Waals surface area (Å²) in [5.41, 5.74) is 3.09. The van der Waals surface area contributed by atoms with Crippen LogP contribution in [-0.2, 0) is 6.54 Å². The van der Waals surface area contributed by atoms with E-state index in [2.05, 4.69) is 15.4 Å². The summed E-state index contributed by atoms with van der Waals surface area (Å²) in [5, 5.41) is 8.49. The van der Waals surface area contributed by atoms with Crippen molar-refractivity contribution in [2.75, 3.05) is 5.32 Å². The molecular weight excluding hydrogens is 372 g/mol. The van der Waals surface area contributed by atoms with Gasteiger partial charge >= 0.3 is 0 Å². The molecule has 138 valence electrons. The lowest BCUT2D eigenvalue weighted by Crippen LogP contribution is -2.17. The standard InChI is InChI=1S/C22H17ClN4O/c23-19-10-4-6-16(12-19)14-25-21-13-20(18-9-5-11-24-15-18)26-27(21)22(28)17-7-2-1-3-8-17/h1-13,15,25H,14H2. The molecule has 0 atom stereocenters. The number of carbonyl (C=O) groups is 1. The van der Waals surface area contributed by atoms with E-state index in [-0.39, 0.29) is 5.91 Å². The highest BCUT2D eigenvalue weighted by molar-refractivity contribution is 6.30. The molecule has 6 heteroatoms. The van der Waals surface area contributed by atoms with E-state index >= 15 is 0 Å². The largest absolute Gasteiger partial charge is 0.366 e. The lowest BCUT2D eigenvalue weighted by Gasteiger charge is -2.09. The van der Waals surface area contributed by atoms with Crippen molar-refractivity contribution in [3.63, 3.8) is 0 Å². The van der Waals surface area contributed by atoms with E-state index in [0.717, 1.165) is 11.1 Å². The molecular formula is C22H17ClN4O. The van der Waals surface area contributed by atoms with Gasteiger partial charge in [0, 0.05) is 41.2 Å². The van der Waals surface area contributed by atoms with Gasteiger partial charge in [-0.2, -0.15) is 9.78 Å². The third-order valence-corrected chi connectivity index (χ3v) is 4.48. The minimum absolute atomic E-state index is 0.204. The Morgan fingerprint density at radius 3 is 2.61 bits per heavy atom. The zero-order valence-electron chi connectivity index (χ0n) is 14.9. The van der Waals surface area contributed by atoms with Crippen LogP contribution in [0.2, 0.25) is 5.02 Å². The number of hydrogen-bond acceptors (Lipinski definition) is 4. The predicted octanol–water partition coefficient (Wildman–Crippen LogP) is 4.90. The van der Waals surface area contributed by atoms with Gasteiger partial charge < -0.3 is 5.32 Å². The van der Waals surface area contributed by atoms with E-state index in [4.69, 9.17) is 11.6 Å². The minimum atomic E-state index is -0.204. The molecule has 0 unspecified atom stereocenters. The van der Waals surface area contributed by atoms with Crippen LogP contribution in [0.3, 0.4) is 0 Å². The Bertz CT molecular complexity index is 1090. The van der Waals surface area contributed by atoms with Crippen molar-refractivity contribution >= 4 is 23.3 Å². The van der Waals surface area contributed by atoms with Crippen molar-refractivity contribution in [1.82, 2.24) is 14.8 Å². The highest BCUT2D eigenvalue weighted by Crippen LogP contribution is 2.23. The highest BCUT2D eigenvalue weighted by atomic mass is 35.5. The molecule has 0 saturated carbocycles. The first-order chi connectivity index (χ1) is 13.7. The van der Waals surface area contributed by atoms with E-state index in [9.17, 15) is 4.79 Å². The Labute approximate surface area is 167 Å². The summed E-state index contributed by atoms with van der Waals surface area (Å²) in [6, 6.07) is 22.3. The van der Waals surface area contributed by atoms with Crippen molar-refractivity contribution in [2.45, 2.75) is 6.54 Å². The zero-order valence-corrected chi connectivity index (χ0v) is 15.7. The maximum absolute atomic E-state index is 13.0. The molecule has 0 saturated heterocycles. The van der Waals surface area contributed by atoms with Gasteiger partial charge in [0.25, 0.3) is 5.91 Å². The number of rotatable bonds is 5. The number of aromatic nitrogens is 3. The van der Waals surface area contributed by atoms with Gasteiger partial charge in [0.1, 0.15) is 5.82 Å². The van der Waals surface area contributed by atoms with Gasteiger partial charge in [0.2, 0.25) is 0 Å². The monoisotopic (exact) mass is 388 g/mol. The van der Waals surface area contributed by atoms with E-state index in [1.54, 1.807) is 24.5 Å². The number of halogens is 1. The third kappa shape index (κ3) is 3.94. The molecule has 1 N–H and O–H groups in total. The molecule has 2 aromatic heterocycles. The van der Waals surface area contributed by atoms with E-state index in [1.165, 1.54) is 4.68 Å². The Kier molecular flexibility index (Phi) is 5.17. The van der Waals surface area contributed by atoms with Gasteiger partial charge in [-0.25, -0.2) is 0 Å². The molecule has 0 radical (unpaired) electrons. The second-order valence-corrected chi connectivity index (χ2v) is 6.66. The van der Waals surface area contributed by atoms with Gasteiger partial charge in [-0.1, -0.05) is 41.9 Å². The quantitative estimate of drug-likeness (QED) is 0.528. The number of pyridine rings is 1. The van der Waals surface area contributed by atoms with Gasteiger partial charge in [0.15, 0.2) is 0 Å². The molecule has 0 aliphatic rings. The number of anilines is 1. The topological polar surface area (TPSA) is 59.8 Å². The summed E-state index contributed by atoms with van der Waals surface area (Å²) >= 11 is 6.07. The van der Waals surface area contributed by atoms with Crippen LogP contribution in [0, 0.1) is 0 Å². The molecule has 0 fully saturated rings. The summed E-state index contributed by atoms with van der Waals surface area (Å²) in [6.45, 7) is 0.515. The zero-order chi connectivity index (χ0) is 19.3. The van der Waals surface area contributed by atoms with Crippen molar-refractivity contribution in [2.24, 2.45) is 0 Å². The fourth-order valence-corrected chi connectivity index (χ4v) is 3.07. The summed E-state index contributed by atoms with van der Waals surface area (Å²) < 4.78 is 1.39. The second kappa shape index (κ2) is 8.06. The molecule has 0 aliphatic carbocycles. The smallest absolute Gasteiger partial charge is 0.280 e. The number of nitrogens with one attached hydrogen (secondary N) is 1. The molecule has 5 nitrogen and oxygen atoms in total. The molecule has 4 rings (SSSR count). The van der Waals surface area contributed by atoms with Gasteiger partial charge in [0.05, 0.1) is 5.69 Å². The molecule has 2 heterocycles. The van der Waals surface area contributed by atoms with Crippen molar-refractivity contribution < 1.29 is 4.79 Å². The van der Waals surface area contributed by atoms with E-state index < -0.39 is 0 Å². The van der Waals surface area contributed by atoms with Crippen LogP contribution in [-0.4, -0.2) is 20.7 Å². The fraction of sp³-hybridized carbons (Fsp3) is 0.0455. The fourth-order valence-electron chi connectivity index (χ4n) is 2.86. The van der Waals surface area contributed by atoms with Crippen LogP contribution in [0.5, 0.6) is 0 Å². The first-order valence-corrected chi connectivity index (χ1v) is 9.17. The molecule has 0 aliphatic heterocycles. The maximum Gasteiger partial charge on any atom is 0.280 e. The van der Waals surface area contributed by atoms with Gasteiger partial charge in [-0.15, -0.1) is 0 Å². The normalized spacial score (nSPS) is 10.6. The Morgan fingerprint density at radius 1 is 1.00 bits per heavy atom. The molecule has 28 heavy (non-hydrogen) atoms. The number of benzene rings is 2. The number of hydrogen-bond donors (Lipinski definition) is 1. The second-order valence-electron chi connectivity index (χ2n) is 6.22. The van der Waals surface area contributed by atoms with E-state index in [0.29, 0.717) is 28.6 Å². The SMILES string of the molecule is O=C(c1ccccc1)n1nc(-c2cccnc2)cc1NCc1cccc(Cl)c1. The van der Waals surface area contributed by atoms with Gasteiger partial charge in [-0.3, -0.25) is 9.78 Å². The minimum Gasteiger partial charge on any atom is -0.366 e. The maximum atomic E-state index is 13.0. The summed E-state index contributed by atoms with van der Waals surface area (Å²) in [7, 11) is 0. The number of carbonyl (C=O) groups excluding carboxylic acids is 1. The van der Waals surface area contributed by atoms with Crippen molar-refractivity contribution in [3.8, 4) is 11.3 Å². The predicted molar refractivity (Wildman–Crippen MR) is 110 cm³/mol. The van der Waals surface area contributed by atoms with Crippen LogP contribution in [0.1, 0.15) is 15.9 Å². The van der Waals surface area contributed by atoms with Crippen LogP contribution >= 0.6 is 11.6 Å². The molecule has 4 aromatic rings. The van der Waals surface area contributed by atoms with E-state index in [1.807, 2.05) is 60.7 Å². The van der Waals surface area contributed by atoms with Crippen LogP contribution in [0.4, 0.5) is 5.82 Å². The lowest BCUT2D eigenvalue weighted by atomic mass is 10.2. The van der Waals surface area contributed by atoms with Gasteiger partial charge in [-0.05, 0) is 42.0 Å². The average molecular weight is 389 g/mol. The van der Waals surface area contributed by atoms with Crippen LogP contribution in [0.25, 0.3) is 11.3 Å². The summed E-state index contributed by atoms with van der Waals surface area (Å²) in [6.07, 6.45) is 3.42. The molecule has 0 bridgehead atoms. The molecule has 0 spiro atoms. The first kappa shape index (κ1) is 17.9. The molecule has 2 aromatic carbocycles. The van der Waals surface area contributed by atoms with Crippen LogP contribution in [0.15, 0.2) is 85.2 Å². The molecule has 0 amide bonds. The van der Waals surface area contributed by atoms with Crippen molar-refractivity contribution in [1.29, 1.82) is 0 Å². The summed E-state index contributed by atoms with van der Waals surface area (Å²) in [5.74, 6) is 0.400. The average Bonchev–Trinajstić information content (AvgIpc) is 3.17. The Morgan fingerprint density at radius 2 is 1.86 bits per heavy atom. The lowest BCUT2D eigenvalue weighted by molar-refractivity contribution is 0.0948. The first-order valence-electron chi connectivity index (χ1n) is 8.79. The highest BCUT2D eigenvalue weighted by Gasteiger charge is 2.17. The van der Waals surface area contributed by atoms with Crippen LogP contribution < -0.4 is 5.32 Å². The summed E-state index contributed by atoms with van der Waals surface area (Å²) in [4.78, 5) is 17.1. The van der Waals surface area contributed by atoms with Crippen molar-refractivity contribution in [3.05, 3.63) is 101 Å². The number of nitrogens with zero attached hydrogens (tertiary/aromatic N) is 3.